The summed E-state index contributed by atoms with van der Waals surface area (Å²) in [5.41, 5.74) is 5.32. The first-order valence-electron chi connectivity index (χ1n) is 5.47. The summed E-state index contributed by atoms with van der Waals surface area (Å²) in [6.07, 6.45) is 1.96. The van der Waals surface area contributed by atoms with Crippen LogP contribution in [0.4, 0.5) is 0 Å². The van der Waals surface area contributed by atoms with Crippen molar-refractivity contribution in [1.82, 2.24) is 5.06 Å². The summed E-state index contributed by atoms with van der Waals surface area (Å²) in [7, 11) is 0. The van der Waals surface area contributed by atoms with Gasteiger partial charge in [0, 0.05) is 12.1 Å². The smallest absolute Gasteiger partial charge is 0.330 e. The number of nitrogens with two attached hydrogens (primary N) is 1. The molecule has 0 radical (unpaired) electrons. The molecule has 0 bridgehead atoms. The third kappa shape index (κ3) is 3.80. The Hall–Kier alpha value is -0.610. The van der Waals surface area contributed by atoms with Crippen LogP contribution in [0.15, 0.2) is 0 Å². The van der Waals surface area contributed by atoms with Gasteiger partial charge in [0.25, 0.3) is 0 Å². The lowest BCUT2D eigenvalue weighted by molar-refractivity contribution is -0.208. The van der Waals surface area contributed by atoms with E-state index in [0.717, 1.165) is 19.4 Å². The van der Waals surface area contributed by atoms with Crippen molar-refractivity contribution in [2.24, 2.45) is 11.1 Å². The number of rotatable bonds is 1. The zero-order valence-electron chi connectivity index (χ0n) is 10.2. The largest absolute Gasteiger partial charge is 0.367 e. The highest BCUT2D eigenvalue weighted by Crippen LogP contribution is 2.21. The quantitative estimate of drug-likeness (QED) is 0.715. The van der Waals surface area contributed by atoms with Crippen LogP contribution in [-0.2, 0) is 9.63 Å². The first-order valence-corrected chi connectivity index (χ1v) is 5.47. The molecule has 1 rings (SSSR count). The van der Waals surface area contributed by atoms with E-state index in [0.29, 0.717) is 6.54 Å². The van der Waals surface area contributed by atoms with Crippen LogP contribution in [0, 0.1) is 5.41 Å². The molecule has 0 saturated carbocycles. The maximum atomic E-state index is 11.6. The van der Waals surface area contributed by atoms with Gasteiger partial charge in [0.1, 0.15) is 0 Å². The number of piperidine rings is 1. The van der Waals surface area contributed by atoms with Crippen molar-refractivity contribution in [1.29, 1.82) is 0 Å². The van der Waals surface area contributed by atoms with E-state index in [9.17, 15) is 4.79 Å². The number of nitrogens with zero attached hydrogens (tertiary/aromatic N) is 1. The van der Waals surface area contributed by atoms with E-state index in [1.807, 2.05) is 27.7 Å². The third-order valence-electron chi connectivity index (χ3n) is 2.52. The predicted octanol–water partition coefficient (Wildman–Crippen LogP) is 1.30. The molecular formula is C11H22N2O2. The van der Waals surface area contributed by atoms with Crippen molar-refractivity contribution in [2.75, 3.05) is 13.1 Å². The van der Waals surface area contributed by atoms with Crippen LogP contribution in [0.2, 0.25) is 0 Å². The summed E-state index contributed by atoms with van der Waals surface area (Å²) in [4.78, 5) is 16.9. The number of carbonyl (C=O) groups excluding carboxylic acids is 1. The van der Waals surface area contributed by atoms with Crippen LogP contribution >= 0.6 is 0 Å². The minimum Gasteiger partial charge on any atom is -0.367 e. The van der Waals surface area contributed by atoms with Crippen molar-refractivity contribution in [3.05, 3.63) is 0 Å². The fourth-order valence-corrected chi connectivity index (χ4v) is 1.55. The normalized spacial score (nSPS) is 28.9. The molecule has 0 aromatic rings. The summed E-state index contributed by atoms with van der Waals surface area (Å²) in [5.74, 6) is -0.194. The van der Waals surface area contributed by atoms with Crippen LogP contribution in [0.25, 0.3) is 0 Å². The van der Waals surface area contributed by atoms with Crippen LogP contribution in [-0.4, -0.2) is 29.7 Å². The highest BCUT2D eigenvalue weighted by atomic mass is 16.7. The van der Waals surface area contributed by atoms with Gasteiger partial charge in [-0.05, 0) is 40.5 Å². The van der Waals surface area contributed by atoms with E-state index in [2.05, 4.69) is 0 Å². The highest BCUT2D eigenvalue weighted by molar-refractivity contribution is 5.75. The molecule has 1 aliphatic heterocycles. The molecule has 1 heterocycles. The van der Waals surface area contributed by atoms with Crippen LogP contribution in [0.3, 0.4) is 0 Å². The van der Waals surface area contributed by atoms with E-state index >= 15 is 0 Å². The standard InChI is InChI=1S/C11H22N2O2/c1-10(2,3)9(14)15-13-7-5-6-11(4,12)8-13/h5-8,12H2,1-4H3. The molecule has 2 N–H and O–H groups in total. The molecule has 15 heavy (non-hydrogen) atoms. The summed E-state index contributed by atoms with van der Waals surface area (Å²) >= 11 is 0. The second-order valence-corrected chi connectivity index (χ2v) is 5.75. The van der Waals surface area contributed by atoms with Crippen LogP contribution in [0.5, 0.6) is 0 Å². The molecule has 0 aliphatic carbocycles. The topological polar surface area (TPSA) is 55.6 Å². The molecule has 0 aromatic heterocycles. The molecule has 0 amide bonds. The van der Waals surface area contributed by atoms with Gasteiger partial charge in [-0.2, -0.15) is 0 Å². The SMILES string of the molecule is CC1(N)CCCN(OC(=O)C(C)(C)C)C1. The summed E-state index contributed by atoms with van der Waals surface area (Å²) in [5, 5.41) is 1.69. The van der Waals surface area contributed by atoms with Gasteiger partial charge in [0.15, 0.2) is 0 Å². The van der Waals surface area contributed by atoms with Gasteiger partial charge < -0.3 is 10.6 Å². The second kappa shape index (κ2) is 4.10. The second-order valence-electron chi connectivity index (χ2n) is 5.75. The Morgan fingerprint density at radius 1 is 1.47 bits per heavy atom. The van der Waals surface area contributed by atoms with E-state index in [-0.39, 0.29) is 11.5 Å². The molecule has 4 nitrogen and oxygen atoms in total. The molecule has 88 valence electrons. The average molecular weight is 214 g/mol. The van der Waals surface area contributed by atoms with Gasteiger partial charge >= 0.3 is 5.97 Å². The maximum Gasteiger partial charge on any atom is 0.330 e. The number of hydrogen-bond donors (Lipinski definition) is 1. The van der Waals surface area contributed by atoms with Crippen molar-refractivity contribution in [3.8, 4) is 0 Å². The van der Waals surface area contributed by atoms with Gasteiger partial charge in [-0.15, -0.1) is 5.06 Å². The van der Waals surface area contributed by atoms with Gasteiger partial charge in [0.05, 0.1) is 12.0 Å². The van der Waals surface area contributed by atoms with E-state index in [4.69, 9.17) is 10.6 Å². The third-order valence-corrected chi connectivity index (χ3v) is 2.52. The molecule has 1 saturated heterocycles. The van der Waals surface area contributed by atoms with E-state index in [1.54, 1.807) is 5.06 Å². The minimum atomic E-state index is -0.456. The van der Waals surface area contributed by atoms with Crippen molar-refractivity contribution in [3.63, 3.8) is 0 Å². The Morgan fingerprint density at radius 3 is 2.53 bits per heavy atom. The van der Waals surface area contributed by atoms with Crippen molar-refractivity contribution >= 4 is 5.97 Å². The fourth-order valence-electron chi connectivity index (χ4n) is 1.55. The Balaban J connectivity index is 2.49. The van der Waals surface area contributed by atoms with Gasteiger partial charge in [-0.3, -0.25) is 0 Å². The summed E-state index contributed by atoms with van der Waals surface area (Å²) in [6.45, 7) is 8.94. The lowest BCUT2D eigenvalue weighted by Gasteiger charge is -2.37. The number of carbonyl (C=O) groups is 1. The molecule has 1 fully saturated rings. The van der Waals surface area contributed by atoms with Crippen molar-refractivity contribution < 1.29 is 9.63 Å². The zero-order chi connectivity index (χ0) is 11.7. The first-order chi connectivity index (χ1) is 6.71. The van der Waals surface area contributed by atoms with Crippen LogP contribution < -0.4 is 5.73 Å². The molecule has 0 aromatic carbocycles. The molecule has 1 atom stereocenters. The lowest BCUT2D eigenvalue weighted by Crippen LogP contribution is -2.53. The fraction of sp³-hybridized carbons (Fsp3) is 0.909. The minimum absolute atomic E-state index is 0.194. The van der Waals surface area contributed by atoms with Gasteiger partial charge in [-0.25, -0.2) is 4.79 Å². The Labute approximate surface area is 91.7 Å². The highest BCUT2D eigenvalue weighted by Gasteiger charge is 2.32. The lowest BCUT2D eigenvalue weighted by atomic mass is 9.93. The predicted molar refractivity (Wildman–Crippen MR) is 58.9 cm³/mol. The maximum absolute atomic E-state index is 11.6. The molecule has 0 spiro atoms. The molecule has 1 unspecified atom stereocenters. The number of hydroxylamine groups is 2. The number of hydrogen-bond acceptors (Lipinski definition) is 4. The zero-order valence-corrected chi connectivity index (χ0v) is 10.2. The van der Waals surface area contributed by atoms with Crippen molar-refractivity contribution in [2.45, 2.75) is 46.1 Å². The average Bonchev–Trinajstić information content (AvgIpc) is 2.00. The molecule has 1 aliphatic rings. The van der Waals surface area contributed by atoms with Gasteiger partial charge in [-0.1, -0.05) is 0 Å². The van der Waals surface area contributed by atoms with E-state index < -0.39 is 5.41 Å². The first kappa shape index (κ1) is 12.5. The van der Waals surface area contributed by atoms with Gasteiger partial charge in [0.2, 0.25) is 0 Å². The Kier molecular flexibility index (Phi) is 3.41. The monoisotopic (exact) mass is 214 g/mol. The molecule has 4 heteroatoms. The van der Waals surface area contributed by atoms with E-state index in [1.165, 1.54) is 0 Å². The Bertz CT molecular complexity index is 243. The summed E-state index contributed by atoms with van der Waals surface area (Å²) in [6, 6.07) is 0. The summed E-state index contributed by atoms with van der Waals surface area (Å²) < 4.78 is 0. The Morgan fingerprint density at radius 2 is 2.07 bits per heavy atom. The van der Waals surface area contributed by atoms with Crippen LogP contribution in [0.1, 0.15) is 40.5 Å². The molecular weight excluding hydrogens is 192 g/mol.